The maximum atomic E-state index is 13.4. The fraction of sp³-hybridized carbons (Fsp3) is 0.0690. The molecule has 0 radical (unpaired) electrons. The molecule has 1 N–H and O–H groups in total. The SMILES string of the molecule is CC(O)(c1cccc(-c2csc(-c3cn(S(=O)(=O)c4ccccc4)c4ncccc34)n2)c1)c1ccccn1. The van der Waals surface area contributed by atoms with Gasteiger partial charge in [-0.2, -0.15) is 0 Å². The van der Waals surface area contributed by atoms with E-state index in [0.717, 1.165) is 11.3 Å². The van der Waals surface area contributed by atoms with Gasteiger partial charge in [-0.25, -0.2) is 22.4 Å². The molecule has 9 heteroatoms. The predicted octanol–water partition coefficient (Wildman–Crippen LogP) is 5.71. The van der Waals surface area contributed by atoms with Crippen LogP contribution in [0.25, 0.3) is 32.9 Å². The van der Waals surface area contributed by atoms with E-state index in [1.807, 2.05) is 47.8 Å². The molecule has 0 bridgehead atoms. The van der Waals surface area contributed by atoms with Gasteiger partial charge in [0, 0.05) is 40.5 Å². The number of rotatable bonds is 6. The van der Waals surface area contributed by atoms with E-state index in [9.17, 15) is 13.5 Å². The molecule has 0 aliphatic carbocycles. The van der Waals surface area contributed by atoms with E-state index >= 15 is 0 Å². The van der Waals surface area contributed by atoms with E-state index in [0.29, 0.717) is 32.9 Å². The summed E-state index contributed by atoms with van der Waals surface area (Å²) in [7, 11) is -3.85. The number of hydrogen-bond donors (Lipinski definition) is 1. The molecule has 2 aromatic carbocycles. The lowest BCUT2D eigenvalue weighted by Crippen LogP contribution is -2.24. The van der Waals surface area contributed by atoms with E-state index in [-0.39, 0.29) is 4.90 Å². The van der Waals surface area contributed by atoms with Gasteiger partial charge in [0.05, 0.1) is 16.3 Å². The number of nitrogens with zero attached hydrogens (tertiary/aromatic N) is 4. The van der Waals surface area contributed by atoms with Gasteiger partial charge in [0.25, 0.3) is 10.0 Å². The highest BCUT2D eigenvalue weighted by molar-refractivity contribution is 7.90. The molecule has 6 rings (SSSR count). The van der Waals surface area contributed by atoms with Gasteiger partial charge in [-0.1, -0.05) is 42.5 Å². The molecular weight excluding hydrogens is 516 g/mol. The van der Waals surface area contributed by atoms with Crippen LogP contribution in [0.15, 0.2) is 114 Å². The lowest BCUT2D eigenvalue weighted by molar-refractivity contribution is 0.0974. The van der Waals surface area contributed by atoms with Crippen molar-refractivity contribution in [2.24, 2.45) is 0 Å². The van der Waals surface area contributed by atoms with Crippen LogP contribution in [-0.4, -0.2) is 32.4 Å². The molecule has 0 saturated carbocycles. The van der Waals surface area contributed by atoms with Crippen molar-refractivity contribution >= 4 is 32.4 Å². The van der Waals surface area contributed by atoms with E-state index in [1.165, 1.54) is 15.3 Å². The zero-order chi connectivity index (χ0) is 26.3. The van der Waals surface area contributed by atoms with Crippen LogP contribution in [0.1, 0.15) is 18.2 Å². The van der Waals surface area contributed by atoms with Crippen LogP contribution in [0.3, 0.4) is 0 Å². The van der Waals surface area contributed by atoms with Gasteiger partial charge in [-0.05, 0) is 55.0 Å². The van der Waals surface area contributed by atoms with Crippen LogP contribution >= 0.6 is 11.3 Å². The smallest absolute Gasteiger partial charge is 0.269 e. The number of benzene rings is 2. The zero-order valence-corrected chi connectivity index (χ0v) is 21.9. The van der Waals surface area contributed by atoms with Crippen LogP contribution in [0.4, 0.5) is 0 Å². The minimum Gasteiger partial charge on any atom is -0.379 e. The molecular formula is C29H22N4O3S2. The first-order valence-corrected chi connectivity index (χ1v) is 14.1. The lowest BCUT2D eigenvalue weighted by atomic mass is 9.90. The normalized spacial score (nSPS) is 13.4. The second-order valence-electron chi connectivity index (χ2n) is 8.94. The Morgan fingerprint density at radius 2 is 1.68 bits per heavy atom. The summed E-state index contributed by atoms with van der Waals surface area (Å²) in [5, 5.41) is 14.5. The summed E-state index contributed by atoms with van der Waals surface area (Å²) in [6, 6.07) is 24.9. The van der Waals surface area contributed by atoms with Gasteiger partial charge in [-0.3, -0.25) is 4.98 Å². The first kappa shape index (κ1) is 24.2. The van der Waals surface area contributed by atoms with E-state index in [4.69, 9.17) is 4.98 Å². The number of hydrogen-bond acceptors (Lipinski definition) is 7. The average molecular weight is 539 g/mol. The topological polar surface area (TPSA) is 98.0 Å². The summed E-state index contributed by atoms with van der Waals surface area (Å²) in [6.07, 6.45) is 4.82. The summed E-state index contributed by atoms with van der Waals surface area (Å²) in [4.78, 5) is 13.7. The minimum atomic E-state index is -3.85. The number of pyridine rings is 2. The van der Waals surface area contributed by atoms with Crippen LogP contribution in [0.5, 0.6) is 0 Å². The van der Waals surface area contributed by atoms with Crippen molar-refractivity contribution in [1.82, 2.24) is 18.9 Å². The van der Waals surface area contributed by atoms with Crippen molar-refractivity contribution in [2.45, 2.75) is 17.4 Å². The van der Waals surface area contributed by atoms with Gasteiger partial charge < -0.3 is 5.11 Å². The van der Waals surface area contributed by atoms with Gasteiger partial charge in [-0.15, -0.1) is 11.3 Å². The van der Waals surface area contributed by atoms with Crippen LogP contribution in [0.2, 0.25) is 0 Å². The highest BCUT2D eigenvalue weighted by Gasteiger charge is 2.28. The number of thiazole rings is 1. The summed E-state index contributed by atoms with van der Waals surface area (Å²) < 4.78 is 28.1. The molecule has 7 nitrogen and oxygen atoms in total. The maximum Gasteiger partial charge on any atom is 0.269 e. The second kappa shape index (κ2) is 9.29. The van der Waals surface area contributed by atoms with Crippen molar-refractivity contribution in [3.8, 4) is 21.8 Å². The molecule has 0 spiro atoms. The van der Waals surface area contributed by atoms with Crippen molar-refractivity contribution in [3.05, 3.63) is 120 Å². The molecule has 0 saturated heterocycles. The molecule has 0 fully saturated rings. The summed E-state index contributed by atoms with van der Waals surface area (Å²) in [5.41, 5.74) is 2.55. The molecule has 4 heterocycles. The van der Waals surface area contributed by atoms with E-state index in [1.54, 1.807) is 68.0 Å². The zero-order valence-electron chi connectivity index (χ0n) is 20.3. The Morgan fingerprint density at radius 3 is 2.47 bits per heavy atom. The minimum absolute atomic E-state index is 0.186. The van der Waals surface area contributed by atoms with Gasteiger partial charge in [0.1, 0.15) is 10.6 Å². The third-order valence-electron chi connectivity index (χ3n) is 6.45. The first-order chi connectivity index (χ1) is 18.4. The van der Waals surface area contributed by atoms with Crippen LogP contribution < -0.4 is 0 Å². The van der Waals surface area contributed by atoms with Crippen LogP contribution in [-0.2, 0) is 15.6 Å². The Labute approximate surface area is 223 Å². The maximum absolute atomic E-state index is 13.4. The molecule has 0 amide bonds. The van der Waals surface area contributed by atoms with Crippen molar-refractivity contribution in [1.29, 1.82) is 0 Å². The average Bonchev–Trinajstić information content (AvgIpc) is 3.60. The predicted molar refractivity (Wildman–Crippen MR) is 148 cm³/mol. The molecule has 1 atom stereocenters. The van der Waals surface area contributed by atoms with Crippen molar-refractivity contribution in [2.75, 3.05) is 0 Å². The molecule has 0 aliphatic rings. The van der Waals surface area contributed by atoms with Gasteiger partial charge in [0.15, 0.2) is 5.65 Å². The van der Waals surface area contributed by atoms with Gasteiger partial charge >= 0.3 is 0 Å². The Hall–Kier alpha value is -4.18. The largest absolute Gasteiger partial charge is 0.379 e. The van der Waals surface area contributed by atoms with Crippen LogP contribution in [0, 0.1) is 0 Å². The standard InChI is InChI=1S/C29H22N4O3S2/c1-29(34,26-14-5-6-15-30-26)21-10-7-9-20(17-21)25-19-37-28(32-25)24-18-33(27-23(24)13-8-16-31-27)38(35,36)22-11-3-2-4-12-22/h2-19,34H,1H3. The Balaban J connectivity index is 1.42. The molecule has 188 valence electrons. The third-order valence-corrected chi connectivity index (χ3v) is 8.99. The van der Waals surface area contributed by atoms with Gasteiger partial charge in [0.2, 0.25) is 0 Å². The summed E-state index contributed by atoms with van der Waals surface area (Å²) in [5.74, 6) is 0. The monoisotopic (exact) mass is 538 g/mol. The Bertz CT molecular complexity index is 1860. The number of aromatic nitrogens is 4. The first-order valence-electron chi connectivity index (χ1n) is 11.8. The van der Waals surface area contributed by atoms with E-state index in [2.05, 4.69) is 9.97 Å². The fourth-order valence-electron chi connectivity index (χ4n) is 4.40. The quantitative estimate of drug-likeness (QED) is 0.292. The van der Waals surface area contributed by atoms with Crippen molar-refractivity contribution < 1.29 is 13.5 Å². The van der Waals surface area contributed by atoms with E-state index < -0.39 is 15.6 Å². The highest BCUT2D eigenvalue weighted by atomic mass is 32.2. The highest BCUT2D eigenvalue weighted by Crippen LogP contribution is 2.37. The summed E-state index contributed by atoms with van der Waals surface area (Å²) in [6.45, 7) is 1.72. The Kier molecular flexibility index (Phi) is 5.91. The fourth-order valence-corrected chi connectivity index (χ4v) is 6.60. The molecule has 0 aliphatic heterocycles. The third kappa shape index (κ3) is 4.10. The number of aliphatic hydroxyl groups is 1. The lowest BCUT2D eigenvalue weighted by Gasteiger charge is -2.23. The Morgan fingerprint density at radius 1 is 0.895 bits per heavy atom. The molecule has 1 unspecified atom stereocenters. The second-order valence-corrected chi connectivity index (χ2v) is 11.6. The summed E-state index contributed by atoms with van der Waals surface area (Å²) >= 11 is 1.42. The van der Waals surface area contributed by atoms with Crippen molar-refractivity contribution in [3.63, 3.8) is 0 Å². The molecule has 6 aromatic rings. The molecule has 4 aromatic heterocycles. The molecule has 38 heavy (non-hydrogen) atoms. The number of fused-ring (bicyclic) bond motifs is 1.